The molecule has 0 fully saturated rings. The number of amides is 1. The van der Waals surface area contributed by atoms with Crippen molar-refractivity contribution >= 4 is 43.5 Å². The van der Waals surface area contributed by atoms with Gasteiger partial charge in [-0.2, -0.15) is 4.31 Å². The quantitative estimate of drug-likeness (QED) is 0.356. The van der Waals surface area contributed by atoms with Crippen molar-refractivity contribution in [1.29, 1.82) is 0 Å². The molecule has 10 heteroatoms. The van der Waals surface area contributed by atoms with Crippen molar-refractivity contribution in [2.45, 2.75) is 24.4 Å². The van der Waals surface area contributed by atoms with E-state index < -0.39 is 22.0 Å². The van der Waals surface area contributed by atoms with Crippen LogP contribution in [0.2, 0.25) is 5.02 Å². The van der Waals surface area contributed by atoms with Crippen molar-refractivity contribution in [2.75, 3.05) is 20.8 Å². The van der Waals surface area contributed by atoms with Crippen LogP contribution in [0, 0.1) is 0 Å². The number of hydrogen-bond acceptors (Lipinski definition) is 5. The fourth-order valence-electron chi connectivity index (χ4n) is 3.43. The number of rotatable bonds is 10. The summed E-state index contributed by atoms with van der Waals surface area (Å²) in [7, 11) is -0.879. The van der Waals surface area contributed by atoms with Crippen molar-refractivity contribution in [1.82, 2.24) is 9.62 Å². The molecule has 0 heterocycles. The average Bonchev–Trinajstić information content (AvgIpc) is 2.84. The number of nitrogens with one attached hydrogen (secondary N) is 1. The predicted octanol–water partition coefficient (Wildman–Crippen LogP) is 5.19. The summed E-state index contributed by atoms with van der Waals surface area (Å²) in [4.78, 5) is 13.1. The lowest BCUT2D eigenvalue weighted by Gasteiger charge is -2.23. The smallest absolute Gasteiger partial charge is 0.243 e. The van der Waals surface area contributed by atoms with E-state index in [1.54, 1.807) is 55.6 Å². The van der Waals surface area contributed by atoms with Gasteiger partial charge in [0.1, 0.15) is 0 Å². The lowest BCUT2D eigenvalue weighted by atomic mass is 10.1. The number of halogens is 2. The molecular formula is C25H26BrClN2O5S. The Morgan fingerprint density at radius 3 is 2.23 bits per heavy atom. The van der Waals surface area contributed by atoms with Crippen molar-refractivity contribution in [3.8, 4) is 11.5 Å². The van der Waals surface area contributed by atoms with Crippen LogP contribution < -0.4 is 14.8 Å². The first-order valence-electron chi connectivity index (χ1n) is 10.7. The van der Waals surface area contributed by atoms with E-state index in [-0.39, 0.29) is 18.0 Å². The largest absolute Gasteiger partial charge is 0.493 e. The molecule has 1 atom stereocenters. The van der Waals surface area contributed by atoms with Gasteiger partial charge in [-0.05, 0) is 66.6 Å². The average molecular weight is 582 g/mol. The van der Waals surface area contributed by atoms with Crippen LogP contribution in [0.25, 0.3) is 0 Å². The normalized spacial score (nSPS) is 12.3. The molecule has 0 aromatic heterocycles. The summed E-state index contributed by atoms with van der Waals surface area (Å²) < 4.78 is 39.4. The summed E-state index contributed by atoms with van der Waals surface area (Å²) in [6.07, 6.45) is 0. The highest BCUT2D eigenvalue weighted by atomic mass is 79.9. The van der Waals surface area contributed by atoms with E-state index in [2.05, 4.69) is 21.2 Å². The molecule has 35 heavy (non-hydrogen) atoms. The number of hydrogen-bond donors (Lipinski definition) is 1. The first-order valence-corrected chi connectivity index (χ1v) is 13.3. The van der Waals surface area contributed by atoms with E-state index in [0.717, 1.165) is 14.3 Å². The maximum Gasteiger partial charge on any atom is 0.243 e. The van der Waals surface area contributed by atoms with Crippen LogP contribution in [-0.4, -0.2) is 39.4 Å². The minimum absolute atomic E-state index is 0.00766. The van der Waals surface area contributed by atoms with Gasteiger partial charge in [0.2, 0.25) is 15.9 Å². The highest BCUT2D eigenvalue weighted by Gasteiger charge is 2.27. The Morgan fingerprint density at radius 2 is 1.63 bits per heavy atom. The van der Waals surface area contributed by atoms with E-state index >= 15 is 0 Å². The molecule has 1 amide bonds. The molecule has 3 aromatic carbocycles. The van der Waals surface area contributed by atoms with Crippen molar-refractivity contribution in [3.05, 3.63) is 87.4 Å². The zero-order valence-corrected chi connectivity index (χ0v) is 22.7. The Bertz CT molecular complexity index is 1270. The zero-order valence-electron chi connectivity index (χ0n) is 19.5. The van der Waals surface area contributed by atoms with Gasteiger partial charge in [-0.1, -0.05) is 45.7 Å². The van der Waals surface area contributed by atoms with E-state index in [1.165, 1.54) is 19.2 Å². The molecule has 0 saturated carbocycles. The van der Waals surface area contributed by atoms with Gasteiger partial charge >= 0.3 is 0 Å². The predicted molar refractivity (Wildman–Crippen MR) is 139 cm³/mol. The summed E-state index contributed by atoms with van der Waals surface area (Å²) >= 11 is 9.29. The van der Waals surface area contributed by atoms with E-state index in [0.29, 0.717) is 22.1 Å². The first kappa shape index (κ1) is 27.0. The molecule has 3 rings (SSSR count). The van der Waals surface area contributed by atoms with E-state index in [1.807, 2.05) is 13.0 Å². The fraction of sp³-hybridized carbons (Fsp3) is 0.240. The fourth-order valence-corrected chi connectivity index (χ4v) is 5.20. The summed E-state index contributed by atoms with van der Waals surface area (Å²) in [6.45, 7) is 1.46. The lowest BCUT2D eigenvalue weighted by molar-refractivity contribution is -0.122. The molecular weight excluding hydrogens is 556 g/mol. The van der Waals surface area contributed by atoms with Gasteiger partial charge in [0.05, 0.1) is 31.7 Å². The Labute approximate surface area is 219 Å². The van der Waals surface area contributed by atoms with Gasteiger partial charge < -0.3 is 14.8 Å². The number of benzene rings is 3. The Balaban J connectivity index is 1.83. The molecule has 0 aliphatic rings. The summed E-state index contributed by atoms with van der Waals surface area (Å²) in [5.74, 6) is 0.666. The molecule has 0 radical (unpaired) electrons. The monoisotopic (exact) mass is 580 g/mol. The topological polar surface area (TPSA) is 84.9 Å². The van der Waals surface area contributed by atoms with Crippen LogP contribution >= 0.6 is 27.5 Å². The molecule has 3 aromatic rings. The molecule has 7 nitrogen and oxygen atoms in total. The number of sulfonamides is 1. The minimum Gasteiger partial charge on any atom is -0.493 e. The van der Waals surface area contributed by atoms with Crippen LogP contribution in [0.5, 0.6) is 11.5 Å². The summed E-state index contributed by atoms with van der Waals surface area (Å²) in [5, 5.41) is 3.41. The Morgan fingerprint density at radius 1 is 1.00 bits per heavy atom. The van der Waals surface area contributed by atoms with Gasteiger partial charge in [-0.25, -0.2) is 8.42 Å². The van der Waals surface area contributed by atoms with E-state index in [4.69, 9.17) is 21.1 Å². The first-order chi connectivity index (χ1) is 16.6. The lowest BCUT2D eigenvalue weighted by Crippen LogP contribution is -2.41. The molecule has 1 N–H and O–H groups in total. The third-order valence-electron chi connectivity index (χ3n) is 5.33. The zero-order chi connectivity index (χ0) is 25.6. The molecule has 0 bridgehead atoms. The van der Waals surface area contributed by atoms with E-state index in [9.17, 15) is 13.2 Å². The maximum absolute atomic E-state index is 13.4. The Kier molecular flexibility index (Phi) is 9.18. The third kappa shape index (κ3) is 6.98. The Hall–Kier alpha value is -2.59. The summed E-state index contributed by atoms with van der Waals surface area (Å²) in [6, 6.07) is 18.1. The number of nitrogens with zero attached hydrogens (tertiary/aromatic N) is 1. The molecule has 0 unspecified atom stereocenters. The highest BCUT2D eigenvalue weighted by molar-refractivity contribution is 9.10. The van der Waals surface area contributed by atoms with Gasteiger partial charge in [-0.15, -0.1) is 0 Å². The van der Waals surface area contributed by atoms with Gasteiger partial charge in [-0.3, -0.25) is 4.79 Å². The molecule has 0 spiro atoms. The van der Waals surface area contributed by atoms with Crippen molar-refractivity contribution in [2.24, 2.45) is 0 Å². The molecule has 186 valence electrons. The maximum atomic E-state index is 13.4. The van der Waals surface area contributed by atoms with Gasteiger partial charge in [0, 0.05) is 16.0 Å². The standard InChI is InChI=1S/C25H26BrClN2O5S/c1-17(19-6-13-23(33-2)24(14-19)34-3)28-25(30)16-29(15-18-4-9-21(27)10-5-18)35(31,32)22-11-7-20(26)8-12-22/h4-14,17H,15-16H2,1-3H3,(H,28,30)/t17-/m0/s1. The number of carbonyl (C=O) groups is 1. The SMILES string of the molecule is COc1ccc([C@H](C)NC(=O)CN(Cc2ccc(Cl)cc2)S(=O)(=O)c2ccc(Br)cc2)cc1OC. The van der Waals surface area contributed by atoms with Crippen LogP contribution in [0.4, 0.5) is 0 Å². The van der Waals surface area contributed by atoms with Crippen LogP contribution in [0.15, 0.2) is 76.1 Å². The second-order valence-electron chi connectivity index (χ2n) is 7.76. The second-order valence-corrected chi connectivity index (χ2v) is 11.0. The number of ether oxygens (including phenoxy) is 2. The van der Waals surface area contributed by atoms with Crippen LogP contribution in [0.1, 0.15) is 24.1 Å². The number of carbonyl (C=O) groups excluding carboxylic acids is 1. The van der Waals surface area contributed by atoms with Crippen molar-refractivity contribution < 1.29 is 22.7 Å². The third-order valence-corrected chi connectivity index (χ3v) is 7.92. The molecule has 0 aliphatic carbocycles. The minimum atomic E-state index is -3.96. The van der Waals surface area contributed by atoms with Gasteiger partial charge in [0.25, 0.3) is 0 Å². The van der Waals surface area contributed by atoms with Crippen molar-refractivity contribution in [3.63, 3.8) is 0 Å². The van der Waals surface area contributed by atoms with Crippen LogP contribution in [-0.2, 0) is 21.4 Å². The molecule has 0 aliphatic heterocycles. The molecule has 0 saturated heterocycles. The number of methoxy groups -OCH3 is 2. The summed E-state index contributed by atoms with van der Waals surface area (Å²) in [5.41, 5.74) is 1.49. The van der Waals surface area contributed by atoms with Gasteiger partial charge in [0.15, 0.2) is 11.5 Å². The second kappa shape index (κ2) is 11.9. The highest BCUT2D eigenvalue weighted by Crippen LogP contribution is 2.30. The van der Waals surface area contributed by atoms with Crippen LogP contribution in [0.3, 0.4) is 0 Å².